The molecule has 0 amide bonds. The van der Waals surface area contributed by atoms with E-state index in [0.29, 0.717) is 5.76 Å². The van der Waals surface area contributed by atoms with Gasteiger partial charge >= 0.3 is 6.18 Å². The minimum Gasteiger partial charge on any atom is -0.444 e. The zero-order chi connectivity index (χ0) is 9.35. The second-order valence-electron chi connectivity index (χ2n) is 2.33. The molecular weight excluding hydrogens is 209 g/mol. The maximum atomic E-state index is 11.9. The fourth-order valence-corrected chi connectivity index (χ4v) is 0.656. The highest BCUT2D eigenvalue weighted by atomic mass is 35.5. The highest BCUT2D eigenvalue weighted by Crippen LogP contribution is 2.29. The first kappa shape index (κ1) is 12.2. The zero-order valence-corrected chi connectivity index (χ0v) is 7.45. The summed E-state index contributed by atoms with van der Waals surface area (Å²) in [6.45, 7) is 1.50. The summed E-state index contributed by atoms with van der Waals surface area (Å²) in [5, 5.41) is 0. The fraction of sp³-hybridized carbons (Fsp3) is 0.500. The van der Waals surface area contributed by atoms with Crippen molar-refractivity contribution in [1.29, 1.82) is 0 Å². The number of nitrogens with two attached hydrogens (primary N) is 1. The van der Waals surface area contributed by atoms with Crippen LogP contribution in [0.5, 0.6) is 0 Å². The van der Waals surface area contributed by atoms with Crippen molar-refractivity contribution in [3.63, 3.8) is 0 Å². The van der Waals surface area contributed by atoms with Gasteiger partial charge in [0, 0.05) is 0 Å². The van der Waals surface area contributed by atoms with Gasteiger partial charge < -0.3 is 10.2 Å². The minimum absolute atomic E-state index is 0. The largest absolute Gasteiger partial charge is 0.444 e. The van der Waals surface area contributed by atoms with Crippen LogP contribution in [0.3, 0.4) is 0 Å². The van der Waals surface area contributed by atoms with Crippen molar-refractivity contribution in [1.82, 2.24) is 4.98 Å². The lowest BCUT2D eigenvalue weighted by molar-refractivity contribution is -0.153. The summed E-state index contributed by atoms with van der Waals surface area (Å²) in [5.41, 5.74) is 4.80. The van der Waals surface area contributed by atoms with Crippen LogP contribution in [0.4, 0.5) is 13.2 Å². The molecule has 1 rings (SSSR count). The summed E-state index contributed by atoms with van der Waals surface area (Å²) in [6.07, 6.45) is -3.31. The van der Waals surface area contributed by atoms with Crippen molar-refractivity contribution in [3.05, 3.63) is 17.8 Å². The van der Waals surface area contributed by atoms with E-state index < -0.39 is 18.1 Å². The number of hydrogen-bond donors (Lipinski definition) is 1. The lowest BCUT2D eigenvalue weighted by Crippen LogP contribution is -2.28. The number of rotatable bonds is 1. The number of halogens is 4. The SMILES string of the molecule is Cc1cnc(C(N)C(F)(F)F)o1.Cl. The molecule has 0 saturated heterocycles. The second kappa shape index (κ2) is 3.97. The lowest BCUT2D eigenvalue weighted by Gasteiger charge is -2.10. The third-order valence-corrected chi connectivity index (χ3v) is 1.26. The van der Waals surface area contributed by atoms with E-state index >= 15 is 0 Å². The molecule has 0 saturated carbocycles. The average Bonchev–Trinajstić information content (AvgIpc) is 2.32. The standard InChI is InChI=1S/C6H7F3N2O.ClH/c1-3-2-11-5(12-3)4(10)6(7,8)9;/h2,4H,10H2,1H3;1H. The first-order valence-electron chi connectivity index (χ1n) is 3.16. The smallest absolute Gasteiger partial charge is 0.412 e. The molecule has 2 N–H and O–H groups in total. The van der Waals surface area contributed by atoms with E-state index in [-0.39, 0.29) is 12.4 Å². The van der Waals surface area contributed by atoms with Gasteiger partial charge in [0.1, 0.15) is 5.76 Å². The van der Waals surface area contributed by atoms with Crippen molar-refractivity contribution in [2.45, 2.75) is 19.1 Å². The Labute approximate surface area is 78.5 Å². The average molecular weight is 217 g/mol. The van der Waals surface area contributed by atoms with Gasteiger partial charge in [0.05, 0.1) is 6.20 Å². The number of oxazole rings is 1. The molecule has 3 nitrogen and oxygen atoms in total. The molecule has 76 valence electrons. The molecule has 0 aliphatic rings. The molecular formula is C6H8ClF3N2O. The van der Waals surface area contributed by atoms with Crippen LogP contribution in [0.2, 0.25) is 0 Å². The van der Waals surface area contributed by atoms with E-state index in [0.717, 1.165) is 0 Å². The van der Waals surface area contributed by atoms with Crippen LogP contribution in [0.25, 0.3) is 0 Å². The number of aryl methyl sites for hydroxylation is 1. The molecule has 1 aromatic rings. The van der Waals surface area contributed by atoms with Crippen molar-refractivity contribution in [3.8, 4) is 0 Å². The van der Waals surface area contributed by atoms with E-state index in [1.54, 1.807) is 0 Å². The Bertz CT molecular complexity index is 273. The Hall–Kier alpha value is -0.750. The molecule has 0 radical (unpaired) electrons. The molecule has 1 unspecified atom stereocenters. The van der Waals surface area contributed by atoms with Gasteiger partial charge in [0.2, 0.25) is 5.89 Å². The van der Waals surface area contributed by atoms with Crippen LogP contribution in [-0.4, -0.2) is 11.2 Å². The van der Waals surface area contributed by atoms with Crippen molar-refractivity contribution in [2.24, 2.45) is 5.73 Å². The first-order valence-corrected chi connectivity index (χ1v) is 3.16. The van der Waals surface area contributed by atoms with E-state index in [1.165, 1.54) is 13.1 Å². The highest BCUT2D eigenvalue weighted by Gasteiger charge is 2.41. The van der Waals surface area contributed by atoms with Gasteiger partial charge in [-0.05, 0) is 6.92 Å². The molecule has 1 atom stereocenters. The molecule has 0 aromatic carbocycles. The van der Waals surface area contributed by atoms with Gasteiger partial charge in [-0.2, -0.15) is 13.2 Å². The molecule has 0 fully saturated rings. The van der Waals surface area contributed by atoms with Crippen molar-refractivity contribution in [2.75, 3.05) is 0 Å². The van der Waals surface area contributed by atoms with Crippen LogP contribution < -0.4 is 5.73 Å². The molecule has 7 heteroatoms. The third-order valence-electron chi connectivity index (χ3n) is 1.26. The molecule has 13 heavy (non-hydrogen) atoms. The minimum atomic E-state index is -4.50. The third kappa shape index (κ3) is 2.89. The number of hydrogen-bond acceptors (Lipinski definition) is 3. The topological polar surface area (TPSA) is 52.0 Å². The summed E-state index contributed by atoms with van der Waals surface area (Å²) < 4.78 is 40.4. The Balaban J connectivity index is 0.00000144. The fourth-order valence-electron chi connectivity index (χ4n) is 0.656. The van der Waals surface area contributed by atoms with Gasteiger partial charge in [-0.1, -0.05) is 0 Å². The molecule has 0 aliphatic heterocycles. The molecule has 0 aliphatic carbocycles. The summed E-state index contributed by atoms with van der Waals surface area (Å²) in [7, 11) is 0. The van der Waals surface area contributed by atoms with Crippen LogP contribution in [-0.2, 0) is 0 Å². The summed E-state index contributed by atoms with van der Waals surface area (Å²) >= 11 is 0. The number of aromatic nitrogens is 1. The molecule has 0 spiro atoms. The van der Waals surface area contributed by atoms with E-state index in [2.05, 4.69) is 9.40 Å². The predicted molar refractivity (Wildman–Crippen MR) is 41.5 cm³/mol. The van der Waals surface area contributed by atoms with Gasteiger partial charge in [-0.15, -0.1) is 12.4 Å². The number of nitrogens with zero attached hydrogens (tertiary/aromatic N) is 1. The first-order chi connectivity index (χ1) is 5.41. The maximum absolute atomic E-state index is 11.9. The van der Waals surface area contributed by atoms with E-state index in [4.69, 9.17) is 5.73 Å². The molecule has 1 aromatic heterocycles. The Morgan fingerprint density at radius 1 is 1.54 bits per heavy atom. The molecule has 0 bridgehead atoms. The normalized spacial score (nSPS) is 13.6. The van der Waals surface area contributed by atoms with Crippen molar-refractivity contribution < 1.29 is 17.6 Å². The van der Waals surface area contributed by atoms with Crippen LogP contribution >= 0.6 is 12.4 Å². The Morgan fingerprint density at radius 2 is 2.08 bits per heavy atom. The van der Waals surface area contributed by atoms with Gasteiger partial charge in [-0.25, -0.2) is 4.98 Å². The van der Waals surface area contributed by atoms with E-state index in [9.17, 15) is 13.2 Å². The summed E-state index contributed by atoms with van der Waals surface area (Å²) in [6, 6.07) is -2.13. The van der Waals surface area contributed by atoms with Crippen LogP contribution in [0, 0.1) is 6.92 Å². The van der Waals surface area contributed by atoms with Gasteiger partial charge in [0.15, 0.2) is 6.04 Å². The maximum Gasteiger partial charge on any atom is 0.412 e. The zero-order valence-electron chi connectivity index (χ0n) is 6.63. The Morgan fingerprint density at radius 3 is 2.38 bits per heavy atom. The van der Waals surface area contributed by atoms with Gasteiger partial charge in [-0.3, -0.25) is 0 Å². The van der Waals surface area contributed by atoms with Crippen LogP contribution in [0.15, 0.2) is 10.6 Å². The number of alkyl halides is 3. The summed E-state index contributed by atoms with van der Waals surface area (Å²) in [5.74, 6) is -0.190. The summed E-state index contributed by atoms with van der Waals surface area (Å²) in [4.78, 5) is 3.37. The lowest BCUT2D eigenvalue weighted by atomic mass is 10.3. The predicted octanol–water partition coefficient (Wildman–Crippen LogP) is 1.97. The Kier molecular flexibility index (Phi) is 3.74. The molecule has 1 heterocycles. The van der Waals surface area contributed by atoms with Gasteiger partial charge in [0.25, 0.3) is 0 Å². The highest BCUT2D eigenvalue weighted by molar-refractivity contribution is 5.85. The monoisotopic (exact) mass is 216 g/mol. The van der Waals surface area contributed by atoms with Crippen LogP contribution in [0.1, 0.15) is 17.7 Å². The van der Waals surface area contributed by atoms with Crippen molar-refractivity contribution >= 4 is 12.4 Å². The van der Waals surface area contributed by atoms with E-state index in [1.807, 2.05) is 0 Å². The second-order valence-corrected chi connectivity index (χ2v) is 2.33. The quantitative estimate of drug-likeness (QED) is 0.781.